The summed E-state index contributed by atoms with van der Waals surface area (Å²) in [7, 11) is 0. The minimum Gasteiger partial charge on any atom is -0.387 e. The zero-order chi connectivity index (χ0) is 19.5. The van der Waals surface area contributed by atoms with E-state index >= 15 is 0 Å². The summed E-state index contributed by atoms with van der Waals surface area (Å²) in [5, 5.41) is 13.5. The summed E-state index contributed by atoms with van der Waals surface area (Å²) in [6.45, 7) is 5.07. The Hall–Kier alpha value is -2.02. The predicted octanol–water partition coefficient (Wildman–Crippen LogP) is 3.86. The number of hydrogen-bond acceptors (Lipinski definition) is 4. The summed E-state index contributed by atoms with van der Waals surface area (Å²) in [5.41, 5.74) is -0.452. The number of hydrogen-bond donors (Lipinski definition) is 2. The van der Waals surface area contributed by atoms with Gasteiger partial charge >= 0.3 is 0 Å². The van der Waals surface area contributed by atoms with Gasteiger partial charge in [-0.15, -0.1) is 11.3 Å². The van der Waals surface area contributed by atoms with E-state index < -0.39 is 11.0 Å². The smallest absolute Gasteiger partial charge is 0.244 e. The van der Waals surface area contributed by atoms with Crippen LogP contribution in [0.15, 0.2) is 42.5 Å². The summed E-state index contributed by atoms with van der Waals surface area (Å²) in [4.78, 5) is 14.1. The van der Waals surface area contributed by atoms with Crippen LogP contribution in [0.25, 0.3) is 16.5 Å². The summed E-state index contributed by atoms with van der Waals surface area (Å²) in [6.07, 6.45) is 3.83. The fourth-order valence-electron chi connectivity index (χ4n) is 2.99. The van der Waals surface area contributed by atoms with Gasteiger partial charge in [-0.1, -0.05) is 26.0 Å². The molecule has 1 amide bonds. The van der Waals surface area contributed by atoms with Crippen molar-refractivity contribution in [2.75, 3.05) is 19.8 Å². The molecule has 27 heavy (non-hydrogen) atoms. The van der Waals surface area contributed by atoms with E-state index in [0.717, 1.165) is 15.3 Å². The molecule has 2 heterocycles. The highest BCUT2D eigenvalue weighted by atomic mass is 32.1. The molecule has 0 spiro atoms. The fourth-order valence-corrected chi connectivity index (χ4v) is 3.91. The van der Waals surface area contributed by atoms with Crippen molar-refractivity contribution in [3.05, 3.63) is 53.2 Å². The number of benzene rings is 1. The molecule has 4 nitrogen and oxygen atoms in total. The van der Waals surface area contributed by atoms with Gasteiger partial charge in [-0.2, -0.15) is 0 Å². The summed E-state index contributed by atoms with van der Waals surface area (Å²) >= 11 is 1.53. The van der Waals surface area contributed by atoms with Crippen LogP contribution in [0.3, 0.4) is 0 Å². The second kappa shape index (κ2) is 7.92. The van der Waals surface area contributed by atoms with E-state index in [9.17, 15) is 14.3 Å². The maximum absolute atomic E-state index is 13.0. The molecule has 1 aromatic carbocycles. The third kappa shape index (κ3) is 4.64. The highest BCUT2D eigenvalue weighted by Crippen LogP contribution is 2.36. The molecule has 1 saturated heterocycles. The summed E-state index contributed by atoms with van der Waals surface area (Å²) in [6, 6.07) is 10.2. The molecule has 6 heteroatoms. The molecule has 2 N–H and O–H groups in total. The minimum absolute atomic E-state index is 0.206. The fraction of sp³-hybridized carbons (Fsp3) is 0.381. The van der Waals surface area contributed by atoms with Gasteiger partial charge < -0.3 is 15.2 Å². The zero-order valence-corrected chi connectivity index (χ0v) is 16.3. The van der Waals surface area contributed by atoms with Gasteiger partial charge in [0, 0.05) is 40.8 Å². The Bertz CT molecular complexity index is 820. The number of thiophene rings is 1. The topological polar surface area (TPSA) is 58.6 Å². The first kappa shape index (κ1) is 19.7. The molecule has 1 aliphatic heterocycles. The van der Waals surface area contributed by atoms with Crippen LogP contribution in [0.1, 0.15) is 25.1 Å². The molecule has 144 valence electrons. The Morgan fingerprint density at radius 2 is 2.07 bits per heavy atom. The predicted molar refractivity (Wildman–Crippen MR) is 106 cm³/mol. The van der Waals surface area contributed by atoms with Crippen molar-refractivity contribution in [1.82, 2.24) is 5.32 Å². The number of carbonyl (C=O) groups is 1. The van der Waals surface area contributed by atoms with Gasteiger partial charge in [0.25, 0.3) is 0 Å². The molecule has 1 atom stereocenters. The average molecular weight is 389 g/mol. The van der Waals surface area contributed by atoms with Crippen LogP contribution >= 0.6 is 11.3 Å². The molecule has 1 aromatic heterocycles. The van der Waals surface area contributed by atoms with E-state index in [0.29, 0.717) is 26.2 Å². The molecular formula is C21H24FNO3S. The van der Waals surface area contributed by atoms with Crippen LogP contribution in [-0.2, 0) is 9.53 Å². The lowest BCUT2D eigenvalue weighted by Crippen LogP contribution is -2.51. The maximum atomic E-state index is 13.0. The number of ether oxygens (including phenoxy) is 1. The SMILES string of the molecule is CC(C)(CNC(=O)/C=C/c1ccc(-c2ccc(F)cc2)s1)C1(O)CCOC1. The monoisotopic (exact) mass is 389 g/mol. The second-order valence-electron chi connectivity index (χ2n) is 7.48. The number of rotatable bonds is 6. The van der Waals surface area contributed by atoms with Crippen molar-refractivity contribution in [2.45, 2.75) is 25.9 Å². The van der Waals surface area contributed by atoms with Gasteiger partial charge in [0.2, 0.25) is 5.91 Å². The Kier molecular flexibility index (Phi) is 5.79. The highest BCUT2D eigenvalue weighted by Gasteiger charge is 2.46. The zero-order valence-electron chi connectivity index (χ0n) is 15.5. The van der Waals surface area contributed by atoms with Crippen LogP contribution < -0.4 is 5.32 Å². The lowest BCUT2D eigenvalue weighted by atomic mass is 9.74. The van der Waals surface area contributed by atoms with Crippen LogP contribution in [0.5, 0.6) is 0 Å². The summed E-state index contributed by atoms with van der Waals surface area (Å²) < 4.78 is 18.3. The number of amides is 1. The standard InChI is InChI=1S/C21H24FNO3S/c1-20(2,21(25)11-12-26-14-21)13-23-19(24)10-8-17-7-9-18(27-17)15-3-5-16(22)6-4-15/h3-10,25H,11-14H2,1-2H3,(H,23,24)/b10-8+. The Morgan fingerprint density at radius 3 is 2.74 bits per heavy atom. The lowest BCUT2D eigenvalue weighted by molar-refractivity contribution is -0.118. The van der Waals surface area contributed by atoms with Crippen molar-refractivity contribution < 1.29 is 19.0 Å². The number of halogens is 1. The van der Waals surface area contributed by atoms with Crippen molar-refractivity contribution in [1.29, 1.82) is 0 Å². The van der Waals surface area contributed by atoms with Crippen molar-refractivity contribution in [2.24, 2.45) is 5.41 Å². The van der Waals surface area contributed by atoms with E-state index in [-0.39, 0.29) is 11.7 Å². The first-order valence-corrected chi connectivity index (χ1v) is 9.73. The second-order valence-corrected chi connectivity index (χ2v) is 8.59. The normalized spacial score (nSPS) is 20.3. The molecule has 3 rings (SSSR count). The van der Waals surface area contributed by atoms with E-state index in [1.54, 1.807) is 18.2 Å². The molecular weight excluding hydrogens is 365 g/mol. The first-order valence-electron chi connectivity index (χ1n) is 8.91. The van der Waals surface area contributed by atoms with E-state index in [4.69, 9.17) is 4.74 Å². The first-order chi connectivity index (χ1) is 12.8. The van der Waals surface area contributed by atoms with Crippen LogP contribution in [-0.4, -0.2) is 36.4 Å². The van der Waals surface area contributed by atoms with Gasteiger partial charge in [0.05, 0.1) is 12.2 Å². The lowest BCUT2D eigenvalue weighted by Gasteiger charge is -2.38. The Morgan fingerprint density at radius 1 is 1.33 bits per heavy atom. The number of nitrogens with one attached hydrogen (secondary N) is 1. The number of aliphatic hydroxyl groups is 1. The molecule has 0 aliphatic carbocycles. The molecule has 1 aliphatic rings. The van der Waals surface area contributed by atoms with Gasteiger partial charge in [0.1, 0.15) is 5.82 Å². The molecule has 1 fully saturated rings. The molecule has 1 unspecified atom stereocenters. The molecule has 0 bridgehead atoms. The van der Waals surface area contributed by atoms with Gasteiger partial charge in [-0.25, -0.2) is 4.39 Å². The van der Waals surface area contributed by atoms with Crippen molar-refractivity contribution in [3.8, 4) is 10.4 Å². The average Bonchev–Trinajstić information content (AvgIpc) is 3.29. The Labute approximate surface area is 162 Å². The third-order valence-corrected chi connectivity index (χ3v) is 6.22. The highest BCUT2D eigenvalue weighted by molar-refractivity contribution is 7.16. The van der Waals surface area contributed by atoms with Gasteiger partial charge in [0.15, 0.2) is 0 Å². The van der Waals surface area contributed by atoms with E-state index in [1.165, 1.54) is 29.5 Å². The Balaban J connectivity index is 1.56. The maximum Gasteiger partial charge on any atom is 0.244 e. The van der Waals surface area contributed by atoms with Crippen LogP contribution in [0.4, 0.5) is 4.39 Å². The van der Waals surface area contributed by atoms with E-state index in [2.05, 4.69) is 5.32 Å². The molecule has 2 aromatic rings. The largest absolute Gasteiger partial charge is 0.387 e. The van der Waals surface area contributed by atoms with Crippen molar-refractivity contribution >= 4 is 23.3 Å². The molecule has 0 radical (unpaired) electrons. The van der Waals surface area contributed by atoms with Crippen molar-refractivity contribution in [3.63, 3.8) is 0 Å². The van der Waals surface area contributed by atoms with Crippen LogP contribution in [0.2, 0.25) is 0 Å². The van der Waals surface area contributed by atoms with Gasteiger partial charge in [-0.3, -0.25) is 4.79 Å². The quantitative estimate of drug-likeness (QED) is 0.738. The third-order valence-electron chi connectivity index (χ3n) is 5.12. The number of carbonyl (C=O) groups excluding carboxylic acids is 1. The van der Waals surface area contributed by atoms with E-state index in [1.807, 2.05) is 26.0 Å². The summed E-state index contributed by atoms with van der Waals surface area (Å²) in [5.74, 6) is -0.467. The minimum atomic E-state index is -0.915. The molecule has 0 saturated carbocycles. The van der Waals surface area contributed by atoms with Gasteiger partial charge in [-0.05, 0) is 35.9 Å². The van der Waals surface area contributed by atoms with Crippen LogP contribution in [0, 0.1) is 11.2 Å².